The molecule has 0 aliphatic carbocycles. The van der Waals surface area contributed by atoms with Gasteiger partial charge in [-0.05, 0) is 48.5 Å². The third-order valence-electron chi connectivity index (χ3n) is 4.09. The van der Waals surface area contributed by atoms with Crippen molar-refractivity contribution in [1.82, 2.24) is 0 Å². The van der Waals surface area contributed by atoms with Crippen molar-refractivity contribution in [2.45, 2.75) is 0 Å². The normalized spacial score (nSPS) is 9.82. The van der Waals surface area contributed by atoms with Crippen LogP contribution in [0.4, 0.5) is 11.4 Å². The van der Waals surface area contributed by atoms with E-state index in [0.29, 0.717) is 0 Å². The first-order valence-corrected chi connectivity index (χ1v) is 11.8. The van der Waals surface area contributed by atoms with Gasteiger partial charge in [-0.15, -0.1) is 0 Å². The Kier molecular flexibility index (Phi) is 13.9. The molecule has 0 spiro atoms. The molecule has 0 fully saturated rings. The van der Waals surface area contributed by atoms with Crippen LogP contribution >= 0.6 is 9.30 Å². The van der Waals surface area contributed by atoms with Gasteiger partial charge in [0.1, 0.15) is 11.5 Å². The van der Waals surface area contributed by atoms with Gasteiger partial charge in [0.25, 0.3) is 0 Å². The van der Waals surface area contributed by atoms with Crippen LogP contribution in [0.15, 0.2) is 119 Å². The van der Waals surface area contributed by atoms with Crippen molar-refractivity contribution in [3.63, 3.8) is 0 Å². The summed E-state index contributed by atoms with van der Waals surface area (Å²) in [6, 6.07) is 33.5. The number of hydrogen-bond donors (Lipinski definition) is 2. The van der Waals surface area contributed by atoms with Crippen molar-refractivity contribution in [3.8, 4) is 11.5 Å². The molecule has 0 radical (unpaired) electrons. The van der Waals surface area contributed by atoms with Gasteiger partial charge in [0.2, 0.25) is 0 Å². The summed E-state index contributed by atoms with van der Waals surface area (Å²) in [5, 5.41) is 19.0. The van der Waals surface area contributed by atoms with Crippen LogP contribution in [0.1, 0.15) is 11.1 Å². The number of benzene rings is 4. The summed E-state index contributed by atoms with van der Waals surface area (Å²) in [5.41, 5.74) is 3.20. The molecule has 0 aromatic heterocycles. The predicted octanol–water partition coefficient (Wildman–Crippen LogP) is 7.42. The fourth-order valence-electron chi connectivity index (χ4n) is 2.51. The molecule has 0 aliphatic rings. The van der Waals surface area contributed by atoms with Gasteiger partial charge in [-0.1, -0.05) is 60.7 Å². The fourth-order valence-corrected chi connectivity index (χ4v) is 2.51. The Labute approximate surface area is 211 Å². The molecule has 0 saturated carbocycles. The van der Waals surface area contributed by atoms with Crippen molar-refractivity contribution in [2.75, 3.05) is 0 Å². The molecule has 4 aromatic carbocycles. The minimum absolute atomic E-state index is 0. The maximum atomic E-state index is 9.50. The second kappa shape index (κ2) is 16.5. The summed E-state index contributed by atoms with van der Waals surface area (Å²) in [4.78, 5) is 8.50. The Hall–Kier alpha value is -3.18. The van der Waals surface area contributed by atoms with E-state index in [-0.39, 0.29) is 18.9 Å². The second-order valence-corrected chi connectivity index (χ2v) is 6.31. The number of phenols is 2. The summed E-state index contributed by atoms with van der Waals surface area (Å²) in [6.07, 6.45) is 3.31. The molecule has 0 bridgehead atoms. The third-order valence-corrected chi connectivity index (χ3v) is 4.09. The average Bonchev–Trinajstić information content (AvgIpc) is 2.86. The van der Waals surface area contributed by atoms with E-state index in [1.165, 1.54) is 19.4 Å². The number of rotatable bonds is 4. The van der Waals surface area contributed by atoms with Gasteiger partial charge in [0, 0.05) is 23.6 Å². The molecule has 4 nitrogen and oxygen atoms in total. The second-order valence-electron chi connectivity index (χ2n) is 6.31. The first-order chi connectivity index (χ1) is 15.7. The molecular formula is C27H25ClN2O2Ti. The Morgan fingerprint density at radius 1 is 0.515 bits per heavy atom. The van der Waals surface area contributed by atoms with Gasteiger partial charge < -0.3 is 17.6 Å². The minimum atomic E-state index is 0. The summed E-state index contributed by atoms with van der Waals surface area (Å²) >= 11 is 1.47. The number of hydrogen-bond acceptors (Lipinski definition) is 4. The van der Waals surface area contributed by atoms with Gasteiger partial charge in [0.05, 0.1) is 11.4 Å². The zero-order chi connectivity index (χ0) is 23.0. The Morgan fingerprint density at radius 3 is 1.15 bits per heavy atom. The van der Waals surface area contributed by atoms with E-state index in [9.17, 15) is 10.2 Å². The molecule has 166 valence electrons. The topological polar surface area (TPSA) is 65.2 Å². The standard InChI is InChI=1S/2C13H11NO.CH3.ClH.Ti/c2*15-13-9-5-4-6-11(13)10-14-12-7-2-1-3-8-12;;;/h2*1-10,15H;1H3;1H;/q;;-1;;+2/p-1. The SMILES string of the molecule is Oc1ccccc1C=Nc1ccccc1.Oc1ccccc1C=Nc1ccccc1.[CH3-].[Cl][Ti+]. The molecule has 0 saturated heterocycles. The van der Waals surface area contributed by atoms with Gasteiger partial charge in [-0.3, -0.25) is 9.98 Å². The van der Waals surface area contributed by atoms with Crippen LogP contribution in [0.3, 0.4) is 0 Å². The fraction of sp³-hybridized carbons (Fsp3) is 0. The zero-order valence-electron chi connectivity index (χ0n) is 18.2. The van der Waals surface area contributed by atoms with Crippen LogP contribution < -0.4 is 0 Å². The van der Waals surface area contributed by atoms with E-state index in [2.05, 4.69) is 19.3 Å². The summed E-state index contributed by atoms with van der Waals surface area (Å²) in [7, 11) is 4.64. The Morgan fingerprint density at radius 2 is 0.818 bits per heavy atom. The van der Waals surface area contributed by atoms with Crippen LogP contribution in [0.5, 0.6) is 11.5 Å². The molecule has 2 N–H and O–H groups in total. The number of aliphatic imine (C=N–C) groups is 2. The van der Waals surface area contributed by atoms with Gasteiger partial charge in [-0.2, -0.15) is 0 Å². The first-order valence-electron chi connectivity index (χ1n) is 9.65. The monoisotopic (exact) mass is 492 g/mol. The van der Waals surface area contributed by atoms with E-state index in [1.54, 1.807) is 36.7 Å². The van der Waals surface area contributed by atoms with Crippen LogP contribution in [0.2, 0.25) is 0 Å². The van der Waals surface area contributed by atoms with Crippen LogP contribution in [-0.4, -0.2) is 22.6 Å². The number of halogens is 1. The van der Waals surface area contributed by atoms with E-state index in [4.69, 9.17) is 0 Å². The summed E-state index contributed by atoms with van der Waals surface area (Å²) in [5.74, 6) is 0.495. The van der Waals surface area contributed by atoms with E-state index in [1.807, 2.05) is 84.9 Å². The van der Waals surface area contributed by atoms with Gasteiger partial charge in [0.15, 0.2) is 0 Å². The van der Waals surface area contributed by atoms with Crippen molar-refractivity contribution >= 4 is 33.1 Å². The summed E-state index contributed by atoms with van der Waals surface area (Å²) in [6.45, 7) is 0. The van der Waals surface area contributed by atoms with Gasteiger partial charge >= 0.3 is 28.7 Å². The quantitative estimate of drug-likeness (QED) is 0.177. The molecule has 0 amide bonds. The molecule has 0 unspecified atom stereocenters. The molecule has 6 heteroatoms. The zero-order valence-corrected chi connectivity index (χ0v) is 20.5. The molecular weight excluding hydrogens is 468 g/mol. The van der Waals surface area contributed by atoms with E-state index >= 15 is 0 Å². The van der Waals surface area contributed by atoms with E-state index in [0.717, 1.165) is 22.5 Å². The number of para-hydroxylation sites is 4. The van der Waals surface area contributed by atoms with Gasteiger partial charge in [-0.25, -0.2) is 0 Å². The van der Waals surface area contributed by atoms with Crippen molar-refractivity contribution in [3.05, 3.63) is 128 Å². The van der Waals surface area contributed by atoms with Crippen LogP contribution in [-0.2, 0) is 19.4 Å². The number of aromatic hydroxyl groups is 2. The Bertz CT molecular complexity index is 1030. The number of phenolic OH excluding ortho intramolecular Hbond substituents is 2. The first kappa shape index (κ1) is 27.9. The van der Waals surface area contributed by atoms with Crippen molar-refractivity contribution < 1.29 is 29.6 Å². The predicted molar refractivity (Wildman–Crippen MR) is 136 cm³/mol. The molecule has 4 aromatic rings. The van der Waals surface area contributed by atoms with Crippen molar-refractivity contribution in [2.24, 2.45) is 9.98 Å². The Balaban J connectivity index is 0.000000299. The molecule has 4 rings (SSSR count). The number of nitrogens with zero attached hydrogens (tertiary/aromatic N) is 2. The van der Waals surface area contributed by atoms with Crippen LogP contribution in [0.25, 0.3) is 0 Å². The van der Waals surface area contributed by atoms with E-state index < -0.39 is 0 Å². The third kappa shape index (κ3) is 10.3. The summed E-state index contributed by atoms with van der Waals surface area (Å²) < 4.78 is 0. The maximum absolute atomic E-state index is 9.50. The van der Waals surface area contributed by atoms with Crippen LogP contribution in [0, 0.1) is 7.43 Å². The van der Waals surface area contributed by atoms with Crippen molar-refractivity contribution in [1.29, 1.82) is 0 Å². The molecule has 33 heavy (non-hydrogen) atoms. The average molecular weight is 493 g/mol. The molecule has 0 atom stereocenters. The molecule has 0 aliphatic heterocycles. The molecule has 0 heterocycles.